The lowest BCUT2D eigenvalue weighted by Gasteiger charge is -2.32. The van der Waals surface area contributed by atoms with Gasteiger partial charge >= 0.3 is 5.97 Å². The highest BCUT2D eigenvalue weighted by Gasteiger charge is 2.27. The molecule has 0 aromatic heterocycles. The molecule has 0 saturated carbocycles. The molecule has 0 bridgehead atoms. The Labute approximate surface area is 214 Å². The molecule has 1 unspecified atom stereocenters. The summed E-state index contributed by atoms with van der Waals surface area (Å²) >= 11 is 0. The molecule has 2 heterocycles. The maximum absolute atomic E-state index is 13.4. The second-order valence-electron chi connectivity index (χ2n) is 10.1. The van der Waals surface area contributed by atoms with Crippen LogP contribution in [-0.4, -0.2) is 50.3 Å². The minimum absolute atomic E-state index is 0.187. The van der Waals surface area contributed by atoms with Crippen LogP contribution in [0.3, 0.4) is 0 Å². The van der Waals surface area contributed by atoms with Crippen molar-refractivity contribution in [3.8, 4) is 5.75 Å². The summed E-state index contributed by atoms with van der Waals surface area (Å²) in [7, 11) is 0. The first-order valence-electron chi connectivity index (χ1n) is 13.2. The van der Waals surface area contributed by atoms with Crippen LogP contribution < -0.4 is 10.1 Å². The molecule has 2 aliphatic rings. The Morgan fingerprint density at radius 2 is 1.53 bits per heavy atom. The van der Waals surface area contributed by atoms with Crippen molar-refractivity contribution in [2.45, 2.75) is 25.3 Å². The summed E-state index contributed by atoms with van der Waals surface area (Å²) in [6.07, 6.45) is 2.10. The van der Waals surface area contributed by atoms with Gasteiger partial charge in [0, 0.05) is 25.6 Å². The summed E-state index contributed by atoms with van der Waals surface area (Å²) in [6, 6.07) is 28.5. The van der Waals surface area contributed by atoms with Crippen molar-refractivity contribution in [1.82, 2.24) is 10.2 Å². The lowest BCUT2D eigenvalue weighted by atomic mass is 9.91. The van der Waals surface area contributed by atoms with E-state index in [1.807, 2.05) is 54.6 Å². The molecule has 0 aliphatic carbocycles. The molecule has 0 spiro atoms. The molecule has 1 atom stereocenters. The van der Waals surface area contributed by atoms with Gasteiger partial charge < -0.3 is 14.8 Å². The Kier molecular flexibility index (Phi) is 8.32. The molecule has 5 heteroatoms. The van der Waals surface area contributed by atoms with Gasteiger partial charge in [0.25, 0.3) is 0 Å². The summed E-state index contributed by atoms with van der Waals surface area (Å²) in [5.41, 5.74) is 3.21. The van der Waals surface area contributed by atoms with Crippen molar-refractivity contribution in [2.24, 2.45) is 11.8 Å². The van der Waals surface area contributed by atoms with Gasteiger partial charge in [-0.15, -0.1) is 0 Å². The number of esters is 1. The van der Waals surface area contributed by atoms with Gasteiger partial charge in [0.1, 0.15) is 11.7 Å². The number of piperidine rings is 1. The number of carbonyl (C=O) groups is 1. The first kappa shape index (κ1) is 24.5. The van der Waals surface area contributed by atoms with E-state index >= 15 is 0 Å². The fourth-order valence-electron chi connectivity index (χ4n) is 5.01. The fraction of sp³-hybridized carbons (Fsp3) is 0.387. The smallest absolute Gasteiger partial charge is 0.317 e. The Morgan fingerprint density at radius 3 is 2.22 bits per heavy atom. The minimum atomic E-state index is -0.460. The third-order valence-electron chi connectivity index (χ3n) is 7.33. The van der Waals surface area contributed by atoms with Crippen molar-refractivity contribution >= 4 is 5.97 Å². The maximum atomic E-state index is 13.4. The number of likely N-dealkylation sites (tertiary alicyclic amines) is 1. The Hall–Kier alpha value is -3.15. The highest BCUT2D eigenvalue weighted by atomic mass is 16.5. The minimum Gasteiger partial charge on any atom is -0.493 e. The average Bonchev–Trinajstić information content (AvgIpc) is 2.89. The van der Waals surface area contributed by atoms with Crippen LogP contribution in [0.4, 0.5) is 0 Å². The summed E-state index contributed by atoms with van der Waals surface area (Å²) in [4.78, 5) is 15.9. The van der Waals surface area contributed by atoms with Crippen LogP contribution in [0.25, 0.3) is 0 Å². The number of nitrogens with one attached hydrogen (secondary N) is 1. The summed E-state index contributed by atoms with van der Waals surface area (Å²) < 4.78 is 12.0. The standard InChI is InChI=1S/C31H36N2O3/c34-31(36-22-25-14-16-33(17-15-25)21-24-8-3-1-4-9-24)30(27-10-5-2-6-11-27)28-12-7-13-29(18-28)35-23-26-19-32-20-26/h1-13,18,25-26,30,32H,14-17,19-23H2. The van der Waals surface area contributed by atoms with Gasteiger partial charge in [0.05, 0.1) is 13.2 Å². The van der Waals surface area contributed by atoms with Gasteiger partial charge in [-0.2, -0.15) is 0 Å². The van der Waals surface area contributed by atoms with E-state index < -0.39 is 5.92 Å². The van der Waals surface area contributed by atoms with Crippen molar-refractivity contribution in [3.63, 3.8) is 0 Å². The molecule has 2 fully saturated rings. The van der Waals surface area contributed by atoms with Crippen molar-refractivity contribution < 1.29 is 14.3 Å². The summed E-state index contributed by atoms with van der Waals surface area (Å²) in [5.74, 6) is 1.12. The predicted molar refractivity (Wildman–Crippen MR) is 142 cm³/mol. The van der Waals surface area contributed by atoms with Crippen LogP contribution in [0.2, 0.25) is 0 Å². The number of ether oxygens (including phenoxy) is 2. The zero-order valence-electron chi connectivity index (χ0n) is 20.9. The average molecular weight is 485 g/mol. The molecule has 3 aromatic carbocycles. The van der Waals surface area contributed by atoms with Crippen molar-refractivity contribution in [3.05, 3.63) is 102 Å². The van der Waals surface area contributed by atoms with Crippen LogP contribution in [0.5, 0.6) is 5.75 Å². The molecule has 36 heavy (non-hydrogen) atoms. The number of nitrogens with zero attached hydrogens (tertiary/aromatic N) is 1. The highest BCUT2D eigenvalue weighted by molar-refractivity contribution is 5.82. The fourth-order valence-corrected chi connectivity index (χ4v) is 5.01. The molecular formula is C31H36N2O3. The van der Waals surface area contributed by atoms with Gasteiger partial charge in [0.2, 0.25) is 0 Å². The molecule has 5 rings (SSSR count). The second-order valence-corrected chi connectivity index (χ2v) is 10.1. The molecule has 188 valence electrons. The molecule has 2 aliphatic heterocycles. The molecule has 2 saturated heterocycles. The van der Waals surface area contributed by atoms with E-state index in [1.54, 1.807) is 0 Å². The van der Waals surface area contributed by atoms with E-state index in [1.165, 1.54) is 5.56 Å². The van der Waals surface area contributed by atoms with Crippen LogP contribution in [0.15, 0.2) is 84.9 Å². The van der Waals surface area contributed by atoms with E-state index in [0.717, 1.165) is 62.4 Å². The zero-order valence-corrected chi connectivity index (χ0v) is 20.9. The van der Waals surface area contributed by atoms with Gasteiger partial charge in [-0.05, 0) is 60.7 Å². The van der Waals surface area contributed by atoms with E-state index in [-0.39, 0.29) is 5.97 Å². The number of carbonyl (C=O) groups excluding carboxylic acids is 1. The Bertz CT molecular complexity index is 1090. The first-order chi connectivity index (χ1) is 17.7. The van der Waals surface area contributed by atoms with Gasteiger partial charge in [-0.25, -0.2) is 0 Å². The SMILES string of the molecule is O=C(OCC1CCN(Cc2ccccc2)CC1)C(c1ccccc1)c1cccc(OCC2CNC2)c1. The van der Waals surface area contributed by atoms with E-state index in [4.69, 9.17) is 9.47 Å². The third kappa shape index (κ3) is 6.54. The summed E-state index contributed by atoms with van der Waals surface area (Å²) in [6.45, 7) is 6.24. The molecule has 1 N–H and O–H groups in total. The monoisotopic (exact) mass is 484 g/mol. The quantitative estimate of drug-likeness (QED) is 0.416. The van der Waals surface area contributed by atoms with Gasteiger partial charge in [-0.3, -0.25) is 9.69 Å². The lowest BCUT2D eigenvalue weighted by Crippen LogP contribution is -2.45. The molecule has 0 radical (unpaired) electrons. The van der Waals surface area contributed by atoms with Crippen LogP contribution in [-0.2, 0) is 16.1 Å². The third-order valence-corrected chi connectivity index (χ3v) is 7.33. The van der Waals surface area contributed by atoms with Crippen LogP contribution in [0.1, 0.15) is 35.4 Å². The molecule has 5 nitrogen and oxygen atoms in total. The second kappa shape index (κ2) is 12.2. The number of hydrogen-bond donors (Lipinski definition) is 1. The van der Waals surface area contributed by atoms with Gasteiger partial charge in [0.15, 0.2) is 0 Å². The van der Waals surface area contributed by atoms with E-state index in [0.29, 0.717) is 25.0 Å². The molecule has 3 aromatic rings. The topological polar surface area (TPSA) is 50.8 Å². The van der Waals surface area contributed by atoms with E-state index in [2.05, 4.69) is 40.5 Å². The molecular weight excluding hydrogens is 448 g/mol. The van der Waals surface area contributed by atoms with Crippen LogP contribution >= 0.6 is 0 Å². The number of hydrogen-bond acceptors (Lipinski definition) is 5. The lowest BCUT2D eigenvalue weighted by molar-refractivity contribution is -0.146. The first-order valence-corrected chi connectivity index (χ1v) is 13.2. The van der Waals surface area contributed by atoms with Crippen molar-refractivity contribution in [2.75, 3.05) is 39.4 Å². The largest absolute Gasteiger partial charge is 0.493 e. The predicted octanol–water partition coefficient (Wildman–Crippen LogP) is 4.87. The molecule has 0 amide bonds. The Balaban J connectivity index is 1.19. The maximum Gasteiger partial charge on any atom is 0.317 e. The van der Waals surface area contributed by atoms with Crippen LogP contribution in [0, 0.1) is 11.8 Å². The normalized spacial score (nSPS) is 17.8. The van der Waals surface area contributed by atoms with Gasteiger partial charge in [-0.1, -0.05) is 72.8 Å². The number of rotatable bonds is 10. The summed E-state index contributed by atoms with van der Waals surface area (Å²) in [5, 5.41) is 3.27. The van der Waals surface area contributed by atoms with Crippen molar-refractivity contribution in [1.29, 1.82) is 0 Å². The number of benzene rings is 3. The Morgan fingerprint density at radius 1 is 0.833 bits per heavy atom. The van der Waals surface area contributed by atoms with E-state index in [9.17, 15) is 4.79 Å². The highest BCUT2D eigenvalue weighted by Crippen LogP contribution is 2.30. The zero-order chi connectivity index (χ0) is 24.6.